The summed E-state index contributed by atoms with van der Waals surface area (Å²) in [5, 5.41) is 0. The standard InChI is InChI=1S/C14H15BrO2S/c1-9-4-7-13(18-9)14(15)11-6-5-10(16-2)8-12(11)17-3/h4-8,14H,1-3H3. The first-order valence-corrected chi connectivity index (χ1v) is 7.31. The highest BCUT2D eigenvalue weighted by atomic mass is 79.9. The zero-order valence-electron chi connectivity index (χ0n) is 10.6. The first-order valence-electron chi connectivity index (χ1n) is 5.58. The fourth-order valence-corrected chi connectivity index (χ4v) is 3.46. The van der Waals surface area contributed by atoms with Gasteiger partial charge in [0.2, 0.25) is 0 Å². The molecule has 1 aromatic carbocycles. The molecule has 0 saturated carbocycles. The van der Waals surface area contributed by atoms with Gasteiger partial charge in [-0.1, -0.05) is 22.0 Å². The summed E-state index contributed by atoms with van der Waals surface area (Å²) in [6.45, 7) is 2.11. The number of ether oxygens (including phenoxy) is 2. The van der Waals surface area contributed by atoms with Crippen LogP contribution in [0.3, 0.4) is 0 Å². The molecule has 2 rings (SSSR count). The molecule has 0 amide bonds. The highest BCUT2D eigenvalue weighted by molar-refractivity contribution is 9.09. The van der Waals surface area contributed by atoms with E-state index in [4.69, 9.17) is 9.47 Å². The average Bonchev–Trinajstić information content (AvgIpc) is 2.83. The van der Waals surface area contributed by atoms with Crippen LogP contribution in [0.25, 0.3) is 0 Å². The number of hydrogen-bond donors (Lipinski definition) is 0. The molecule has 0 spiro atoms. The van der Waals surface area contributed by atoms with E-state index in [1.807, 2.05) is 18.2 Å². The molecule has 0 aliphatic heterocycles. The minimum Gasteiger partial charge on any atom is -0.497 e. The zero-order valence-corrected chi connectivity index (χ0v) is 13.0. The molecule has 0 N–H and O–H groups in total. The van der Waals surface area contributed by atoms with Crippen LogP contribution in [0.5, 0.6) is 11.5 Å². The van der Waals surface area contributed by atoms with Crippen molar-refractivity contribution in [1.82, 2.24) is 0 Å². The van der Waals surface area contributed by atoms with Gasteiger partial charge in [0.25, 0.3) is 0 Å². The van der Waals surface area contributed by atoms with E-state index in [0.717, 1.165) is 17.1 Å². The Morgan fingerprint density at radius 2 is 1.89 bits per heavy atom. The Labute approximate surface area is 120 Å². The van der Waals surface area contributed by atoms with E-state index in [9.17, 15) is 0 Å². The van der Waals surface area contributed by atoms with Crippen LogP contribution in [0.4, 0.5) is 0 Å². The molecule has 0 aliphatic carbocycles. The topological polar surface area (TPSA) is 18.5 Å². The summed E-state index contributed by atoms with van der Waals surface area (Å²) < 4.78 is 10.6. The smallest absolute Gasteiger partial charge is 0.127 e. The number of hydrogen-bond acceptors (Lipinski definition) is 3. The van der Waals surface area contributed by atoms with Gasteiger partial charge in [-0.25, -0.2) is 0 Å². The molecule has 0 fully saturated rings. The quantitative estimate of drug-likeness (QED) is 0.767. The lowest BCUT2D eigenvalue weighted by Gasteiger charge is -2.14. The third-order valence-electron chi connectivity index (χ3n) is 2.72. The fraction of sp³-hybridized carbons (Fsp3) is 0.286. The van der Waals surface area contributed by atoms with Gasteiger partial charge in [-0.2, -0.15) is 0 Å². The average molecular weight is 327 g/mol. The van der Waals surface area contributed by atoms with Gasteiger partial charge < -0.3 is 9.47 Å². The van der Waals surface area contributed by atoms with Crippen molar-refractivity contribution in [2.24, 2.45) is 0 Å². The summed E-state index contributed by atoms with van der Waals surface area (Å²) >= 11 is 5.52. The van der Waals surface area contributed by atoms with Crippen molar-refractivity contribution >= 4 is 27.3 Å². The van der Waals surface area contributed by atoms with E-state index in [0.29, 0.717) is 0 Å². The number of methoxy groups -OCH3 is 2. The van der Waals surface area contributed by atoms with E-state index >= 15 is 0 Å². The Hall–Kier alpha value is -1.00. The fourth-order valence-electron chi connectivity index (χ4n) is 1.77. The molecule has 18 heavy (non-hydrogen) atoms. The van der Waals surface area contributed by atoms with Gasteiger partial charge in [0.15, 0.2) is 0 Å². The summed E-state index contributed by atoms with van der Waals surface area (Å²) in [7, 11) is 3.33. The Kier molecular flexibility index (Phi) is 4.30. The van der Waals surface area contributed by atoms with Crippen LogP contribution < -0.4 is 9.47 Å². The molecule has 2 aromatic rings. The molecule has 1 atom stereocenters. The van der Waals surface area contributed by atoms with Crippen molar-refractivity contribution in [3.63, 3.8) is 0 Å². The molecule has 1 unspecified atom stereocenters. The molecule has 0 aliphatic rings. The van der Waals surface area contributed by atoms with Crippen molar-refractivity contribution in [3.8, 4) is 11.5 Å². The first kappa shape index (κ1) is 13.4. The lowest BCUT2D eigenvalue weighted by molar-refractivity contribution is 0.391. The van der Waals surface area contributed by atoms with Crippen LogP contribution in [0, 0.1) is 6.92 Å². The largest absolute Gasteiger partial charge is 0.497 e. The van der Waals surface area contributed by atoms with Crippen LogP contribution in [0.15, 0.2) is 30.3 Å². The number of thiophene rings is 1. The monoisotopic (exact) mass is 326 g/mol. The van der Waals surface area contributed by atoms with E-state index in [-0.39, 0.29) is 4.83 Å². The third kappa shape index (κ3) is 2.70. The number of halogens is 1. The van der Waals surface area contributed by atoms with Crippen LogP contribution >= 0.6 is 27.3 Å². The van der Waals surface area contributed by atoms with Crippen molar-refractivity contribution < 1.29 is 9.47 Å². The van der Waals surface area contributed by atoms with Gasteiger partial charge in [-0.05, 0) is 25.1 Å². The van der Waals surface area contributed by atoms with Crippen molar-refractivity contribution in [2.75, 3.05) is 14.2 Å². The summed E-state index contributed by atoms with van der Waals surface area (Å²) in [5.74, 6) is 1.64. The summed E-state index contributed by atoms with van der Waals surface area (Å²) in [6, 6.07) is 10.2. The predicted molar refractivity (Wildman–Crippen MR) is 79.4 cm³/mol. The van der Waals surface area contributed by atoms with Crippen LogP contribution in [0.1, 0.15) is 20.1 Å². The van der Waals surface area contributed by atoms with Crippen molar-refractivity contribution in [2.45, 2.75) is 11.8 Å². The lowest BCUT2D eigenvalue weighted by atomic mass is 10.1. The molecular formula is C14H15BrO2S. The Morgan fingerprint density at radius 3 is 2.44 bits per heavy atom. The van der Waals surface area contributed by atoms with Crippen molar-refractivity contribution in [1.29, 1.82) is 0 Å². The van der Waals surface area contributed by atoms with Gasteiger partial charge >= 0.3 is 0 Å². The van der Waals surface area contributed by atoms with Gasteiger partial charge in [0, 0.05) is 21.4 Å². The molecule has 1 aromatic heterocycles. The molecule has 2 nitrogen and oxygen atoms in total. The maximum atomic E-state index is 5.43. The first-order chi connectivity index (χ1) is 8.65. The molecule has 0 saturated heterocycles. The Balaban J connectivity index is 2.38. The molecular weight excluding hydrogens is 312 g/mol. The minimum absolute atomic E-state index is 0.150. The number of rotatable bonds is 4. The number of benzene rings is 1. The van der Waals surface area contributed by atoms with Crippen molar-refractivity contribution in [3.05, 3.63) is 45.6 Å². The Bertz CT molecular complexity index is 536. The maximum absolute atomic E-state index is 5.43. The van der Waals surface area contributed by atoms with Gasteiger partial charge in [-0.3, -0.25) is 0 Å². The highest BCUT2D eigenvalue weighted by Gasteiger charge is 2.17. The van der Waals surface area contributed by atoms with E-state index < -0.39 is 0 Å². The Morgan fingerprint density at radius 1 is 1.11 bits per heavy atom. The molecule has 96 valence electrons. The summed E-state index contributed by atoms with van der Waals surface area (Å²) in [5.41, 5.74) is 1.11. The van der Waals surface area contributed by atoms with Crippen LogP contribution in [-0.2, 0) is 0 Å². The van der Waals surface area contributed by atoms with Gasteiger partial charge in [0.05, 0.1) is 19.0 Å². The van der Waals surface area contributed by atoms with E-state index in [2.05, 4.69) is 35.0 Å². The second-order valence-corrected chi connectivity index (χ2v) is 6.15. The van der Waals surface area contributed by atoms with E-state index in [1.165, 1.54) is 9.75 Å². The normalized spacial score (nSPS) is 12.2. The second-order valence-electron chi connectivity index (χ2n) is 3.92. The minimum atomic E-state index is 0.150. The molecule has 0 radical (unpaired) electrons. The third-order valence-corrected chi connectivity index (χ3v) is 5.08. The van der Waals surface area contributed by atoms with Crippen LogP contribution in [0.2, 0.25) is 0 Å². The highest BCUT2D eigenvalue weighted by Crippen LogP contribution is 2.40. The number of aryl methyl sites for hydroxylation is 1. The second kappa shape index (κ2) is 5.76. The lowest BCUT2D eigenvalue weighted by Crippen LogP contribution is -1.96. The van der Waals surface area contributed by atoms with E-state index in [1.54, 1.807) is 25.6 Å². The molecule has 4 heteroatoms. The summed E-state index contributed by atoms with van der Waals surface area (Å²) in [6.07, 6.45) is 0. The molecule has 1 heterocycles. The SMILES string of the molecule is COc1ccc(C(Br)c2ccc(C)s2)c(OC)c1. The zero-order chi connectivity index (χ0) is 13.1. The summed E-state index contributed by atoms with van der Waals surface area (Å²) in [4.78, 5) is 2.73. The number of alkyl halides is 1. The predicted octanol–water partition coefficient (Wildman–Crippen LogP) is 4.56. The molecule has 0 bridgehead atoms. The maximum Gasteiger partial charge on any atom is 0.127 e. The van der Waals surface area contributed by atoms with Gasteiger partial charge in [0.1, 0.15) is 11.5 Å². The van der Waals surface area contributed by atoms with Gasteiger partial charge in [-0.15, -0.1) is 11.3 Å². The van der Waals surface area contributed by atoms with Crippen LogP contribution in [-0.4, -0.2) is 14.2 Å².